The van der Waals surface area contributed by atoms with Crippen molar-refractivity contribution in [3.05, 3.63) is 63.6 Å². The Kier molecular flexibility index (Phi) is 6.14. The van der Waals surface area contributed by atoms with Crippen LogP contribution in [0.25, 0.3) is 0 Å². The summed E-state index contributed by atoms with van der Waals surface area (Å²) in [5.41, 5.74) is -0.796. The molecule has 0 radical (unpaired) electrons. The number of rotatable bonds is 3. The van der Waals surface area contributed by atoms with E-state index in [1.54, 1.807) is 0 Å². The molecule has 1 aliphatic rings. The van der Waals surface area contributed by atoms with Crippen LogP contribution in [0.2, 0.25) is 10.0 Å². The molecule has 0 N–H and O–H groups in total. The van der Waals surface area contributed by atoms with Crippen molar-refractivity contribution in [2.24, 2.45) is 0 Å². The van der Waals surface area contributed by atoms with Gasteiger partial charge in [0.2, 0.25) is 10.0 Å². The molecule has 0 aliphatic carbocycles. The summed E-state index contributed by atoms with van der Waals surface area (Å²) in [7, 11) is -4.12. The van der Waals surface area contributed by atoms with Crippen molar-refractivity contribution in [3.8, 4) is 0 Å². The largest absolute Gasteiger partial charge is 0.416 e. The standard InChI is InChI=1S/C18H15Cl2F3N2O3S/c19-13-4-5-15(16(20)11-13)17(26)24-6-8-25(9-7-24)29(27,28)14-3-1-2-12(10-14)18(21,22)23/h1-5,10-11H,6-9H2. The van der Waals surface area contributed by atoms with Gasteiger partial charge in [0.15, 0.2) is 0 Å². The van der Waals surface area contributed by atoms with Gasteiger partial charge in [-0.25, -0.2) is 8.42 Å². The van der Waals surface area contributed by atoms with Crippen LogP contribution in [-0.2, 0) is 16.2 Å². The van der Waals surface area contributed by atoms with Crippen LogP contribution in [0.1, 0.15) is 15.9 Å². The highest BCUT2D eigenvalue weighted by atomic mass is 35.5. The van der Waals surface area contributed by atoms with Crippen LogP contribution in [0.15, 0.2) is 47.4 Å². The number of piperazine rings is 1. The third-order valence-electron chi connectivity index (χ3n) is 4.49. The highest BCUT2D eigenvalue weighted by Crippen LogP contribution is 2.31. The van der Waals surface area contributed by atoms with E-state index in [1.165, 1.54) is 23.1 Å². The van der Waals surface area contributed by atoms with Gasteiger partial charge in [-0.3, -0.25) is 4.79 Å². The molecule has 11 heteroatoms. The minimum atomic E-state index is -4.64. The van der Waals surface area contributed by atoms with Crippen LogP contribution in [0.4, 0.5) is 13.2 Å². The zero-order chi connectivity index (χ0) is 21.4. The van der Waals surface area contributed by atoms with Crippen LogP contribution in [0.3, 0.4) is 0 Å². The zero-order valence-electron chi connectivity index (χ0n) is 14.8. The summed E-state index contributed by atoms with van der Waals surface area (Å²) in [6.07, 6.45) is -4.64. The summed E-state index contributed by atoms with van der Waals surface area (Å²) in [6.45, 7) is 0.0665. The third-order valence-corrected chi connectivity index (χ3v) is 6.93. The average Bonchev–Trinajstić information content (AvgIpc) is 2.67. The SMILES string of the molecule is O=C(c1ccc(Cl)cc1Cl)N1CCN(S(=O)(=O)c2cccc(C(F)(F)F)c2)CC1. The number of nitrogens with zero attached hydrogens (tertiary/aromatic N) is 2. The fraction of sp³-hybridized carbons (Fsp3) is 0.278. The summed E-state index contributed by atoms with van der Waals surface area (Å²) in [5, 5.41) is 0.560. The van der Waals surface area contributed by atoms with Crippen molar-refractivity contribution in [2.75, 3.05) is 26.2 Å². The molecule has 3 rings (SSSR count). The number of sulfonamides is 1. The number of benzene rings is 2. The summed E-state index contributed by atoms with van der Waals surface area (Å²) in [5.74, 6) is -0.372. The van der Waals surface area contributed by atoms with Gasteiger partial charge in [-0.2, -0.15) is 17.5 Å². The minimum absolute atomic E-state index is 0.0461. The molecule has 1 saturated heterocycles. The van der Waals surface area contributed by atoms with Gasteiger partial charge >= 0.3 is 6.18 Å². The van der Waals surface area contributed by atoms with E-state index in [0.717, 1.165) is 22.5 Å². The number of hydrogen-bond donors (Lipinski definition) is 0. The van der Waals surface area contributed by atoms with Gasteiger partial charge in [-0.05, 0) is 36.4 Å². The molecule has 0 spiro atoms. The molecule has 0 unspecified atom stereocenters. The molecule has 1 fully saturated rings. The van der Waals surface area contributed by atoms with Crippen molar-refractivity contribution in [2.45, 2.75) is 11.1 Å². The molecule has 2 aromatic carbocycles. The number of halogens is 5. The Hall–Kier alpha value is -1.81. The smallest absolute Gasteiger partial charge is 0.336 e. The molecule has 0 bridgehead atoms. The van der Waals surface area contributed by atoms with E-state index >= 15 is 0 Å². The van der Waals surface area contributed by atoms with E-state index in [2.05, 4.69) is 0 Å². The predicted octanol–water partition coefficient (Wildman–Crippen LogP) is 4.16. The summed E-state index contributed by atoms with van der Waals surface area (Å²) < 4.78 is 65.2. The lowest BCUT2D eigenvalue weighted by molar-refractivity contribution is -0.137. The van der Waals surface area contributed by atoms with Gasteiger partial charge in [0.05, 0.1) is 21.0 Å². The Balaban J connectivity index is 1.74. The first-order chi connectivity index (χ1) is 13.5. The third kappa shape index (κ3) is 4.69. The number of amides is 1. The Labute approximate surface area is 175 Å². The van der Waals surface area contributed by atoms with Crippen molar-refractivity contribution < 1.29 is 26.4 Å². The summed E-state index contributed by atoms with van der Waals surface area (Å²) >= 11 is 11.9. The van der Waals surface area contributed by atoms with Crippen LogP contribution in [0, 0.1) is 0 Å². The highest BCUT2D eigenvalue weighted by molar-refractivity contribution is 7.89. The normalized spacial score (nSPS) is 16.1. The average molecular weight is 467 g/mol. The van der Waals surface area contributed by atoms with E-state index in [9.17, 15) is 26.4 Å². The second-order valence-electron chi connectivity index (χ2n) is 6.35. The van der Waals surface area contributed by atoms with E-state index < -0.39 is 26.7 Å². The Morgan fingerprint density at radius 3 is 2.21 bits per heavy atom. The topological polar surface area (TPSA) is 57.7 Å². The van der Waals surface area contributed by atoms with E-state index in [4.69, 9.17) is 23.2 Å². The molecule has 0 saturated carbocycles. The van der Waals surface area contributed by atoms with Crippen molar-refractivity contribution in [1.82, 2.24) is 9.21 Å². The van der Waals surface area contributed by atoms with Gasteiger partial charge < -0.3 is 4.90 Å². The molecule has 1 heterocycles. The van der Waals surface area contributed by atoms with Crippen LogP contribution in [-0.4, -0.2) is 49.7 Å². The maximum Gasteiger partial charge on any atom is 0.416 e. The maximum absolute atomic E-state index is 12.9. The Morgan fingerprint density at radius 1 is 0.966 bits per heavy atom. The lowest BCUT2D eigenvalue weighted by Gasteiger charge is -2.34. The van der Waals surface area contributed by atoms with Gasteiger partial charge in [0.1, 0.15) is 0 Å². The van der Waals surface area contributed by atoms with Crippen molar-refractivity contribution in [1.29, 1.82) is 0 Å². The maximum atomic E-state index is 12.9. The predicted molar refractivity (Wildman–Crippen MR) is 103 cm³/mol. The van der Waals surface area contributed by atoms with Gasteiger partial charge in [0, 0.05) is 31.2 Å². The number of carbonyl (C=O) groups excluding carboxylic acids is 1. The number of carbonyl (C=O) groups is 1. The molecule has 1 aliphatic heterocycles. The molecule has 1 amide bonds. The fourth-order valence-electron chi connectivity index (χ4n) is 2.95. The van der Waals surface area contributed by atoms with Crippen molar-refractivity contribution in [3.63, 3.8) is 0 Å². The monoisotopic (exact) mass is 466 g/mol. The molecular formula is C18H15Cl2F3N2O3S. The fourth-order valence-corrected chi connectivity index (χ4v) is 4.90. The van der Waals surface area contributed by atoms with E-state index in [-0.39, 0.29) is 42.7 Å². The first-order valence-electron chi connectivity index (χ1n) is 8.42. The molecule has 5 nitrogen and oxygen atoms in total. The van der Waals surface area contributed by atoms with E-state index in [1.807, 2.05) is 0 Å². The van der Waals surface area contributed by atoms with Gasteiger partial charge in [0.25, 0.3) is 5.91 Å². The second-order valence-corrected chi connectivity index (χ2v) is 9.13. The molecular weight excluding hydrogens is 452 g/mol. The first kappa shape index (κ1) is 21.9. The van der Waals surface area contributed by atoms with Gasteiger partial charge in [-0.15, -0.1) is 0 Å². The summed E-state index contributed by atoms with van der Waals surface area (Å²) in [4.78, 5) is 13.6. The summed E-state index contributed by atoms with van der Waals surface area (Å²) in [6, 6.07) is 8.04. The Bertz CT molecular complexity index is 1040. The van der Waals surface area contributed by atoms with Crippen LogP contribution in [0.5, 0.6) is 0 Å². The van der Waals surface area contributed by atoms with E-state index in [0.29, 0.717) is 11.1 Å². The zero-order valence-corrected chi connectivity index (χ0v) is 17.1. The lowest BCUT2D eigenvalue weighted by atomic mass is 10.2. The van der Waals surface area contributed by atoms with Crippen molar-refractivity contribution >= 4 is 39.1 Å². The molecule has 0 atom stereocenters. The highest BCUT2D eigenvalue weighted by Gasteiger charge is 2.34. The second kappa shape index (κ2) is 8.14. The van der Waals surface area contributed by atoms with Crippen LogP contribution >= 0.6 is 23.2 Å². The quantitative estimate of drug-likeness (QED) is 0.682. The molecule has 0 aromatic heterocycles. The molecule has 29 heavy (non-hydrogen) atoms. The lowest BCUT2D eigenvalue weighted by Crippen LogP contribution is -2.50. The van der Waals surface area contributed by atoms with Crippen LogP contribution < -0.4 is 0 Å². The molecule has 2 aromatic rings. The number of hydrogen-bond acceptors (Lipinski definition) is 3. The molecule has 156 valence electrons. The minimum Gasteiger partial charge on any atom is -0.336 e. The van der Waals surface area contributed by atoms with Gasteiger partial charge in [-0.1, -0.05) is 29.3 Å². The number of alkyl halides is 3. The Morgan fingerprint density at radius 2 is 1.62 bits per heavy atom. The first-order valence-corrected chi connectivity index (χ1v) is 10.6.